The summed E-state index contributed by atoms with van der Waals surface area (Å²) >= 11 is 0. The van der Waals surface area contributed by atoms with Crippen molar-refractivity contribution in [1.29, 1.82) is 0 Å². The van der Waals surface area contributed by atoms with E-state index in [-0.39, 0.29) is 5.82 Å². The van der Waals surface area contributed by atoms with Crippen molar-refractivity contribution in [2.45, 2.75) is 58.5 Å². The van der Waals surface area contributed by atoms with Gasteiger partial charge in [-0.15, -0.1) is 0 Å². The molecule has 1 aliphatic heterocycles. The van der Waals surface area contributed by atoms with E-state index in [2.05, 4.69) is 72.2 Å². The van der Waals surface area contributed by atoms with E-state index >= 15 is 0 Å². The molecular weight excluding hydrogens is 409 g/mol. The maximum atomic E-state index is 13.4. The van der Waals surface area contributed by atoms with Gasteiger partial charge in [0.1, 0.15) is 5.82 Å². The van der Waals surface area contributed by atoms with Crippen molar-refractivity contribution >= 4 is 5.69 Å². The Kier molecular flexibility index (Phi) is 6.37. The third kappa shape index (κ3) is 4.49. The average molecular weight is 444 g/mol. The van der Waals surface area contributed by atoms with Gasteiger partial charge in [-0.1, -0.05) is 56.2 Å². The van der Waals surface area contributed by atoms with E-state index < -0.39 is 0 Å². The summed E-state index contributed by atoms with van der Waals surface area (Å²) in [5.41, 5.74) is 11.4. The number of hydrazine groups is 1. The first-order valence-corrected chi connectivity index (χ1v) is 12.4. The second kappa shape index (κ2) is 9.56. The molecule has 0 saturated heterocycles. The van der Waals surface area contributed by atoms with Gasteiger partial charge in [0.2, 0.25) is 0 Å². The van der Waals surface area contributed by atoms with Crippen LogP contribution in [-0.2, 0) is 6.54 Å². The monoisotopic (exact) mass is 443 g/mol. The molecule has 2 aromatic carbocycles. The molecule has 4 heteroatoms. The van der Waals surface area contributed by atoms with Gasteiger partial charge in [-0.3, -0.25) is 5.01 Å². The molecule has 33 heavy (non-hydrogen) atoms. The lowest BCUT2D eigenvalue weighted by Gasteiger charge is -2.31. The summed E-state index contributed by atoms with van der Waals surface area (Å²) in [7, 11) is 0. The van der Waals surface area contributed by atoms with Gasteiger partial charge in [-0.2, -0.15) is 0 Å². The minimum Gasteiger partial charge on any atom is -0.310 e. The highest BCUT2D eigenvalue weighted by atomic mass is 19.1. The molecule has 3 nitrogen and oxygen atoms in total. The third-order valence-corrected chi connectivity index (χ3v) is 7.43. The molecule has 2 aliphatic carbocycles. The van der Waals surface area contributed by atoms with Gasteiger partial charge in [-0.05, 0) is 73.1 Å². The van der Waals surface area contributed by atoms with E-state index in [1.807, 2.05) is 12.1 Å². The molecule has 172 valence electrons. The SMILES string of the molecule is CCCC(C[C@H]1CCC2=C1[C@@H](C)C1=CNN(c3ccc(F)cc3)C1=C2)NCc1ccccc1. The molecule has 3 aliphatic rings. The zero-order valence-corrected chi connectivity index (χ0v) is 19.7. The number of hydrogen-bond acceptors (Lipinski definition) is 3. The molecule has 2 aromatic rings. The van der Waals surface area contributed by atoms with Crippen LogP contribution in [0, 0.1) is 17.7 Å². The van der Waals surface area contributed by atoms with E-state index in [1.54, 1.807) is 5.57 Å². The van der Waals surface area contributed by atoms with E-state index in [0.717, 1.165) is 18.7 Å². The number of fused-ring (bicyclic) bond motifs is 1. The molecule has 0 fully saturated rings. The zero-order chi connectivity index (χ0) is 22.8. The molecule has 0 bridgehead atoms. The lowest BCUT2D eigenvalue weighted by atomic mass is 9.78. The molecule has 1 heterocycles. The predicted molar refractivity (Wildman–Crippen MR) is 134 cm³/mol. The van der Waals surface area contributed by atoms with E-state index in [9.17, 15) is 4.39 Å². The van der Waals surface area contributed by atoms with Gasteiger partial charge in [0.15, 0.2) is 0 Å². The lowest BCUT2D eigenvalue weighted by molar-refractivity contribution is 0.378. The number of anilines is 1. The van der Waals surface area contributed by atoms with Gasteiger partial charge in [0, 0.05) is 30.3 Å². The topological polar surface area (TPSA) is 27.3 Å². The highest BCUT2D eigenvalue weighted by Crippen LogP contribution is 2.49. The van der Waals surface area contributed by atoms with Crippen LogP contribution in [0.5, 0.6) is 0 Å². The first-order chi connectivity index (χ1) is 16.1. The molecule has 2 N–H and O–H groups in total. The van der Waals surface area contributed by atoms with Crippen molar-refractivity contribution in [3.8, 4) is 0 Å². The first-order valence-electron chi connectivity index (χ1n) is 12.4. The molecular formula is C29H34FN3. The quantitative estimate of drug-likeness (QED) is 0.480. The highest BCUT2D eigenvalue weighted by molar-refractivity contribution is 5.64. The van der Waals surface area contributed by atoms with E-state index in [1.165, 1.54) is 60.2 Å². The number of hydrogen-bond donors (Lipinski definition) is 2. The minimum absolute atomic E-state index is 0.205. The van der Waals surface area contributed by atoms with Crippen LogP contribution in [-0.4, -0.2) is 6.04 Å². The van der Waals surface area contributed by atoms with Crippen molar-refractivity contribution in [2.75, 3.05) is 5.01 Å². The van der Waals surface area contributed by atoms with Crippen LogP contribution < -0.4 is 15.8 Å². The minimum atomic E-state index is -0.205. The molecule has 0 aromatic heterocycles. The summed E-state index contributed by atoms with van der Waals surface area (Å²) < 4.78 is 13.4. The molecule has 0 spiro atoms. The van der Waals surface area contributed by atoms with Crippen LogP contribution in [0.1, 0.15) is 51.5 Å². The molecule has 0 radical (unpaired) electrons. The van der Waals surface area contributed by atoms with Crippen LogP contribution in [0.15, 0.2) is 89.3 Å². The maximum absolute atomic E-state index is 13.4. The highest BCUT2D eigenvalue weighted by Gasteiger charge is 2.38. The number of halogens is 1. The Balaban J connectivity index is 1.33. The van der Waals surface area contributed by atoms with Crippen LogP contribution in [0.2, 0.25) is 0 Å². The Morgan fingerprint density at radius 2 is 1.91 bits per heavy atom. The predicted octanol–water partition coefficient (Wildman–Crippen LogP) is 6.62. The third-order valence-electron chi connectivity index (χ3n) is 7.43. The van der Waals surface area contributed by atoms with Crippen molar-refractivity contribution in [3.63, 3.8) is 0 Å². The van der Waals surface area contributed by atoms with Crippen molar-refractivity contribution in [1.82, 2.24) is 10.7 Å². The van der Waals surface area contributed by atoms with Crippen LogP contribution in [0.3, 0.4) is 0 Å². The second-order valence-corrected chi connectivity index (χ2v) is 9.60. The van der Waals surface area contributed by atoms with Crippen LogP contribution >= 0.6 is 0 Å². The number of benzene rings is 2. The molecule has 0 amide bonds. The van der Waals surface area contributed by atoms with Gasteiger partial charge in [0.25, 0.3) is 0 Å². The summed E-state index contributed by atoms with van der Waals surface area (Å²) in [5, 5.41) is 5.94. The zero-order valence-electron chi connectivity index (χ0n) is 19.7. The van der Waals surface area contributed by atoms with Crippen LogP contribution in [0.4, 0.5) is 10.1 Å². The van der Waals surface area contributed by atoms with E-state index in [4.69, 9.17) is 0 Å². The number of rotatable bonds is 8. The van der Waals surface area contributed by atoms with Gasteiger partial charge < -0.3 is 10.7 Å². The summed E-state index contributed by atoms with van der Waals surface area (Å²) in [5.74, 6) is 0.832. The van der Waals surface area contributed by atoms with Gasteiger partial charge in [-0.25, -0.2) is 4.39 Å². The number of nitrogens with zero attached hydrogens (tertiary/aromatic N) is 1. The van der Waals surface area contributed by atoms with Crippen molar-refractivity contribution in [3.05, 3.63) is 101 Å². The lowest BCUT2D eigenvalue weighted by Crippen LogP contribution is -2.32. The largest absolute Gasteiger partial charge is 0.310 e. The number of nitrogens with one attached hydrogen (secondary N) is 2. The number of allylic oxidation sites excluding steroid dienone is 4. The standard InChI is InChI=1S/C29H34FN3/c1-3-7-25(31-18-21-8-5-4-6-9-21)16-22-10-11-23-17-28-27(20(2)29(22)23)19-32-33(28)26-14-12-24(30)13-15-26/h4-6,8-9,12-15,17,19-20,22,25,31-32H,3,7,10-11,16,18H2,1-2H3/t20-,22+,25?/m0/s1. The fraction of sp³-hybridized carbons (Fsp3) is 0.379. The summed E-state index contributed by atoms with van der Waals surface area (Å²) in [6, 6.07) is 18.0. The Labute approximate surface area is 197 Å². The fourth-order valence-electron chi connectivity index (χ4n) is 5.81. The first kappa shape index (κ1) is 22.0. The summed E-state index contributed by atoms with van der Waals surface area (Å²) in [6.07, 6.45) is 10.5. The summed E-state index contributed by atoms with van der Waals surface area (Å²) in [6.45, 7) is 5.58. The maximum Gasteiger partial charge on any atom is 0.123 e. The Bertz CT molecular complexity index is 1070. The van der Waals surface area contributed by atoms with Crippen LogP contribution in [0.25, 0.3) is 0 Å². The van der Waals surface area contributed by atoms with Gasteiger partial charge >= 0.3 is 0 Å². The van der Waals surface area contributed by atoms with Gasteiger partial charge in [0.05, 0.1) is 11.4 Å². The fourth-order valence-corrected chi connectivity index (χ4v) is 5.81. The Hall–Kier alpha value is -2.85. The van der Waals surface area contributed by atoms with Crippen molar-refractivity contribution in [2.24, 2.45) is 11.8 Å². The molecule has 1 unspecified atom stereocenters. The molecule has 0 saturated carbocycles. The second-order valence-electron chi connectivity index (χ2n) is 9.60. The van der Waals surface area contributed by atoms with E-state index in [0.29, 0.717) is 17.9 Å². The summed E-state index contributed by atoms with van der Waals surface area (Å²) in [4.78, 5) is 0. The van der Waals surface area contributed by atoms with Crippen molar-refractivity contribution < 1.29 is 4.39 Å². The smallest absolute Gasteiger partial charge is 0.123 e. The normalized spacial score (nSPS) is 22.5. The Morgan fingerprint density at radius 1 is 1.12 bits per heavy atom. The molecule has 3 atom stereocenters. The average Bonchev–Trinajstić information content (AvgIpc) is 3.44. The molecule has 5 rings (SSSR count). The Morgan fingerprint density at radius 3 is 2.67 bits per heavy atom.